The van der Waals surface area contributed by atoms with Gasteiger partial charge in [-0.2, -0.15) is 0 Å². The van der Waals surface area contributed by atoms with Crippen LogP contribution in [0.1, 0.15) is 41.1 Å². The van der Waals surface area contributed by atoms with Crippen molar-refractivity contribution in [3.8, 4) is 0 Å². The second-order valence-electron chi connectivity index (χ2n) is 5.74. The summed E-state index contributed by atoms with van der Waals surface area (Å²) in [5, 5.41) is 2.79. The van der Waals surface area contributed by atoms with Crippen molar-refractivity contribution in [3.63, 3.8) is 0 Å². The maximum Gasteiger partial charge on any atom is 0.260 e. The van der Waals surface area contributed by atoms with Crippen molar-refractivity contribution in [2.24, 2.45) is 0 Å². The fraction of sp³-hybridized carbons (Fsp3) is 0.278. The summed E-state index contributed by atoms with van der Waals surface area (Å²) in [7, 11) is 0. The van der Waals surface area contributed by atoms with Gasteiger partial charge in [-0.3, -0.25) is 19.3 Å². The summed E-state index contributed by atoms with van der Waals surface area (Å²) in [6, 6.07) is 10.3. The predicted octanol–water partition coefficient (Wildman–Crippen LogP) is 2.07. The SMILES string of the molecule is C[C@H](NC(=O)CCN1C(=O)Cc2ccccc2C1=O)c1ccco1. The Morgan fingerprint density at radius 2 is 2.04 bits per heavy atom. The van der Waals surface area contributed by atoms with Crippen molar-refractivity contribution in [1.82, 2.24) is 10.2 Å². The molecule has 1 N–H and O–H groups in total. The van der Waals surface area contributed by atoms with Crippen molar-refractivity contribution in [2.45, 2.75) is 25.8 Å². The summed E-state index contributed by atoms with van der Waals surface area (Å²) >= 11 is 0. The lowest BCUT2D eigenvalue weighted by atomic mass is 9.98. The molecule has 0 spiro atoms. The average molecular weight is 326 g/mol. The first-order valence-corrected chi connectivity index (χ1v) is 7.81. The number of hydrogen-bond donors (Lipinski definition) is 1. The standard InChI is InChI=1S/C18H18N2O4/c1-12(15-7-4-10-24-15)19-16(21)8-9-20-17(22)11-13-5-2-3-6-14(13)18(20)23/h2-7,10,12H,8-9,11H2,1H3,(H,19,21)/t12-/m0/s1. The van der Waals surface area contributed by atoms with Gasteiger partial charge in [0.25, 0.3) is 5.91 Å². The predicted molar refractivity (Wildman–Crippen MR) is 86.1 cm³/mol. The second-order valence-corrected chi connectivity index (χ2v) is 5.74. The molecular weight excluding hydrogens is 308 g/mol. The van der Waals surface area contributed by atoms with E-state index in [2.05, 4.69) is 5.32 Å². The zero-order chi connectivity index (χ0) is 17.1. The molecule has 1 aliphatic rings. The maximum atomic E-state index is 12.4. The Balaban J connectivity index is 1.59. The van der Waals surface area contributed by atoms with Crippen LogP contribution >= 0.6 is 0 Å². The number of carbonyl (C=O) groups is 3. The van der Waals surface area contributed by atoms with Crippen LogP contribution in [0.4, 0.5) is 0 Å². The van der Waals surface area contributed by atoms with Gasteiger partial charge in [0.15, 0.2) is 0 Å². The Morgan fingerprint density at radius 1 is 1.25 bits per heavy atom. The third-order valence-corrected chi connectivity index (χ3v) is 4.05. The summed E-state index contributed by atoms with van der Waals surface area (Å²) < 4.78 is 5.23. The number of nitrogens with zero attached hydrogens (tertiary/aromatic N) is 1. The molecule has 1 aromatic carbocycles. The molecule has 0 saturated carbocycles. The Hall–Kier alpha value is -2.89. The number of hydrogen-bond acceptors (Lipinski definition) is 4. The number of benzene rings is 1. The lowest BCUT2D eigenvalue weighted by Gasteiger charge is -2.26. The number of amides is 3. The zero-order valence-corrected chi connectivity index (χ0v) is 13.3. The Bertz CT molecular complexity index is 767. The van der Waals surface area contributed by atoms with E-state index in [1.807, 2.05) is 6.92 Å². The van der Waals surface area contributed by atoms with Gasteiger partial charge in [0.05, 0.1) is 18.7 Å². The minimum absolute atomic E-state index is 0.0602. The largest absolute Gasteiger partial charge is 0.467 e. The number of nitrogens with one attached hydrogen (secondary N) is 1. The highest BCUT2D eigenvalue weighted by atomic mass is 16.3. The van der Waals surface area contributed by atoms with Gasteiger partial charge >= 0.3 is 0 Å². The lowest BCUT2D eigenvalue weighted by molar-refractivity contribution is -0.129. The van der Waals surface area contributed by atoms with Crippen LogP contribution in [0.15, 0.2) is 47.1 Å². The number of fused-ring (bicyclic) bond motifs is 1. The van der Waals surface area contributed by atoms with Gasteiger partial charge in [0.1, 0.15) is 5.76 Å². The highest BCUT2D eigenvalue weighted by molar-refractivity contribution is 6.09. The van der Waals surface area contributed by atoms with Crippen LogP contribution in [0, 0.1) is 0 Å². The topological polar surface area (TPSA) is 79.6 Å². The lowest BCUT2D eigenvalue weighted by Crippen LogP contribution is -2.44. The van der Waals surface area contributed by atoms with Gasteiger partial charge in [-0.05, 0) is 30.7 Å². The zero-order valence-electron chi connectivity index (χ0n) is 13.3. The van der Waals surface area contributed by atoms with E-state index in [9.17, 15) is 14.4 Å². The van der Waals surface area contributed by atoms with Gasteiger partial charge in [-0.1, -0.05) is 18.2 Å². The number of rotatable bonds is 5. The molecule has 0 bridgehead atoms. The van der Waals surface area contributed by atoms with Crippen LogP contribution in [-0.4, -0.2) is 29.2 Å². The molecule has 1 aromatic heterocycles. The normalized spacial score (nSPS) is 15.1. The van der Waals surface area contributed by atoms with E-state index in [4.69, 9.17) is 4.42 Å². The first-order chi connectivity index (χ1) is 11.6. The van der Waals surface area contributed by atoms with Crippen LogP contribution in [0.5, 0.6) is 0 Å². The van der Waals surface area contributed by atoms with Crippen LogP contribution in [-0.2, 0) is 16.0 Å². The molecule has 6 heteroatoms. The fourth-order valence-electron chi connectivity index (χ4n) is 2.76. The van der Waals surface area contributed by atoms with Gasteiger partial charge in [0.2, 0.25) is 11.8 Å². The highest BCUT2D eigenvalue weighted by Gasteiger charge is 2.30. The smallest absolute Gasteiger partial charge is 0.260 e. The first-order valence-electron chi connectivity index (χ1n) is 7.81. The molecule has 0 unspecified atom stereocenters. The van der Waals surface area contributed by atoms with Crippen molar-refractivity contribution in [1.29, 1.82) is 0 Å². The van der Waals surface area contributed by atoms with Crippen LogP contribution in [0.3, 0.4) is 0 Å². The minimum Gasteiger partial charge on any atom is -0.467 e. The molecule has 0 fully saturated rings. The Morgan fingerprint density at radius 3 is 2.79 bits per heavy atom. The molecule has 2 aromatic rings. The molecule has 24 heavy (non-hydrogen) atoms. The van der Waals surface area contributed by atoms with E-state index in [-0.39, 0.29) is 43.1 Å². The molecular formula is C18H18N2O4. The second kappa shape index (κ2) is 6.70. The fourth-order valence-corrected chi connectivity index (χ4v) is 2.76. The molecule has 6 nitrogen and oxygen atoms in total. The maximum absolute atomic E-state index is 12.4. The van der Waals surface area contributed by atoms with Crippen molar-refractivity contribution in [2.75, 3.05) is 6.54 Å². The third-order valence-electron chi connectivity index (χ3n) is 4.05. The summed E-state index contributed by atoms with van der Waals surface area (Å²) in [6.45, 7) is 1.88. The number of imide groups is 1. The Labute approximate surface area is 139 Å². The van der Waals surface area contributed by atoms with E-state index >= 15 is 0 Å². The van der Waals surface area contributed by atoms with Crippen LogP contribution in [0.25, 0.3) is 0 Å². The van der Waals surface area contributed by atoms with E-state index in [0.717, 1.165) is 10.5 Å². The monoisotopic (exact) mass is 326 g/mol. The third kappa shape index (κ3) is 3.22. The van der Waals surface area contributed by atoms with Gasteiger partial charge < -0.3 is 9.73 Å². The molecule has 0 radical (unpaired) electrons. The van der Waals surface area contributed by atoms with E-state index in [0.29, 0.717) is 11.3 Å². The van der Waals surface area contributed by atoms with Gasteiger partial charge in [-0.15, -0.1) is 0 Å². The highest BCUT2D eigenvalue weighted by Crippen LogP contribution is 2.20. The summed E-state index contributed by atoms with van der Waals surface area (Å²) in [6.07, 6.45) is 1.79. The summed E-state index contributed by atoms with van der Waals surface area (Å²) in [5.41, 5.74) is 1.26. The summed E-state index contributed by atoms with van der Waals surface area (Å²) in [5.74, 6) is -0.194. The molecule has 3 amide bonds. The minimum atomic E-state index is -0.339. The van der Waals surface area contributed by atoms with E-state index in [1.54, 1.807) is 42.7 Å². The van der Waals surface area contributed by atoms with Gasteiger partial charge in [0, 0.05) is 18.5 Å². The molecule has 3 rings (SSSR count). The molecule has 0 saturated heterocycles. The van der Waals surface area contributed by atoms with Crippen LogP contribution < -0.4 is 5.32 Å². The van der Waals surface area contributed by atoms with E-state index < -0.39 is 0 Å². The molecule has 1 aliphatic heterocycles. The van der Waals surface area contributed by atoms with E-state index in [1.165, 1.54) is 0 Å². The first kappa shape index (κ1) is 16.0. The van der Waals surface area contributed by atoms with Gasteiger partial charge in [-0.25, -0.2) is 0 Å². The average Bonchev–Trinajstić information content (AvgIpc) is 3.09. The quantitative estimate of drug-likeness (QED) is 0.853. The van der Waals surface area contributed by atoms with Crippen LogP contribution in [0.2, 0.25) is 0 Å². The molecule has 0 aliphatic carbocycles. The van der Waals surface area contributed by atoms with Crippen molar-refractivity contribution >= 4 is 17.7 Å². The molecule has 2 heterocycles. The molecule has 1 atom stereocenters. The molecule has 124 valence electrons. The number of carbonyl (C=O) groups excluding carboxylic acids is 3. The summed E-state index contributed by atoms with van der Waals surface area (Å²) in [4.78, 5) is 37.8. The van der Waals surface area contributed by atoms with Crippen molar-refractivity contribution < 1.29 is 18.8 Å². The number of furan rings is 1. The van der Waals surface area contributed by atoms with Crippen molar-refractivity contribution in [3.05, 3.63) is 59.5 Å². The Kier molecular flexibility index (Phi) is 4.46.